The van der Waals surface area contributed by atoms with E-state index in [1.54, 1.807) is 7.11 Å². The summed E-state index contributed by atoms with van der Waals surface area (Å²) in [7, 11) is 1.70. The van der Waals surface area contributed by atoms with E-state index in [-0.39, 0.29) is 17.4 Å². The van der Waals surface area contributed by atoms with Crippen molar-refractivity contribution in [3.63, 3.8) is 0 Å². The van der Waals surface area contributed by atoms with Crippen molar-refractivity contribution in [1.29, 1.82) is 0 Å². The standard InChI is InChI=1S/C13H26N6O2/c1-5-7-21-12-17-10(16-11(18-12)19-14)15-9-13(2,3)6-8-20-4/h5-9,14H2,1-4H3,(H2,15,16,17,18,19). The molecule has 0 amide bonds. The normalized spacial score (nSPS) is 11.3. The van der Waals surface area contributed by atoms with Gasteiger partial charge in [-0.25, -0.2) is 5.84 Å². The van der Waals surface area contributed by atoms with Crippen molar-refractivity contribution in [3.05, 3.63) is 0 Å². The molecule has 0 saturated heterocycles. The molecule has 0 spiro atoms. The predicted octanol–water partition coefficient (Wildman–Crippen LogP) is 1.42. The van der Waals surface area contributed by atoms with Gasteiger partial charge in [-0.2, -0.15) is 15.0 Å². The molecule has 0 saturated carbocycles. The lowest BCUT2D eigenvalue weighted by atomic mass is 9.90. The average Bonchev–Trinajstić information content (AvgIpc) is 2.49. The maximum Gasteiger partial charge on any atom is 0.323 e. The van der Waals surface area contributed by atoms with Crippen LogP contribution in [0.2, 0.25) is 0 Å². The molecular formula is C13H26N6O2. The summed E-state index contributed by atoms with van der Waals surface area (Å²) < 4.78 is 10.5. The molecule has 0 aliphatic carbocycles. The molecule has 0 radical (unpaired) electrons. The van der Waals surface area contributed by atoms with Gasteiger partial charge in [0.15, 0.2) is 0 Å². The Bertz CT molecular complexity index is 427. The van der Waals surface area contributed by atoms with Gasteiger partial charge < -0.3 is 14.8 Å². The minimum atomic E-state index is 0.0589. The van der Waals surface area contributed by atoms with Crippen LogP contribution in [-0.4, -0.2) is 41.8 Å². The summed E-state index contributed by atoms with van der Waals surface area (Å²) in [5.74, 6) is 6.07. The number of hydrogen-bond donors (Lipinski definition) is 3. The Hall–Kier alpha value is -1.67. The van der Waals surface area contributed by atoms with Gasteiger partial charge in [-0.15, -0.1) is 0 Å². The van der Waals surface area contributed by atoms with Gasteiger partial charge in [0.25, 0.3) is 0 Å². The van der Waals surface area contributed by atoms with Gasteiger partial charge in [0.1, 0.15) is 0 Å². The fourth-order valence-corrected chi connectivity index (χ4v) is 1.54. The second-order valence-corrected chi connectivity index (χ2v) is 5.52. The third kappa shape index (κ3) is 6.54. The predicted molar refractivity (Wildman–Crippen MR) is 82.2 cm³/mol. The first-order valence-electron chi connectivity index (χ1n) is 7.09. The Morgan fingerprint density at radius 2 is 1.86 bits per heavy atom. The molecule has 1 heterocycles. The summed E-state index contributed by atoms with van der Waals surface area (Å²) in [4.78, 5) is 12.4. The van der Waals surface area contributed by atoms with Crippen molar-refractivity contribution in [2.45, 2.75) is 33.6 Å². The minimum absolute atomic E-state index is 0.0589. The molecule has 120 valence electrons. The largest absolute Gasteiger partial charge is 0.463 e. The van der Waals surface area contributed by atoms with Crippen LogP contribution >= 0.6 is 0 Å². The zero-order valence-electron chi connectivity index (χ0n) is 13.3. The summed E-state index contributed by atoms with van der Waals surface area (Å²) in [6.07, 6.45) is 1.81. The number of methoxy groups -OCH3 is 1. The highest BCUT2D eigenvalue weighted by Crippen LogP contribution is 2.21. The summed E-state index contributed by atoms with van der Waals surface area (Å²) in [5.41, 5.74) is 2.47. The molecule has 0 aliphatic heterocycles. The van der Waals surface area contributed by atoms with E-state index in [1.165, 1.54) is 0 Å². The van der Waals surface area contributed by atoms with E-state index in [4.69, 9.17) is 15.3 Å². The molecular weight excluding hydrogens is 272 g/mol. The van der Waals surface area contributed by atoms with E-state index >= 15 is 0 Å². The van der Waals surface area contributed by atoms with E-state index in [9.17, 15) is 0 Å². The maximum absolute atomic E-state index is 5.42. The number of aromatic nitrogens is 3. The summed E-state index contributed by atoms with van der Waals surface area (Å²) in [6.45, 7) is 8.28. The second-order valence-electron chi connectivity index (χ2n) is 5.52. The van der Waals surface area contributed by atoms with Gasteiger partial charge in [-0.05, 0) is 18.3 Å². The number of nitrogens with zero attached hydrogens (tertiary/aromatic N) is 3. The molecule has 1 aromatic heterocycles. The van der Waals surface area contributed by atoms with Crippen LogP contribution in [0.1, 0.15) is 33.6 Å². The van der Waals surface area contributed by atoms with Crippen LogP contribution < -0.4 is 21.3 Å². The monoisotopic (exact) mass is 298 g/mol. The average molecular weight is 298 g/mol. The Balaban J connectivity index is 2.68. The first kappa shape index (κ1) is 17.4. The van der Waals surface area contributed by atoms with Crippen LogP contribution in [0, 0.1) is 5.41 Å². The smallest absolute Gasteiger partial charge is 0.323 e. The van der Waals surface area contributed by atoms with Gasteiger partial charge in [0.05, 0.1) is 6.61 Å². The summed E-state index contributed by atoms with van der Waals surface area (Å²) in [5, 5.41) is 3.19. The van der Waals surface area contributed by atoms with E-state index in [2.05, 4.69) is 39.5 Å². The van der Waals surface area contributed by atoms with E-state index in [0.29, 0.717) is 25.7 Å². The zero-order valence-corrected chi connectivity index (χ0v) is 13.3. The molecule has 4 N–H and O–H groups in total. The first-order chi connectivity index (χ1) is 10.0. The second kappa shape index (κ2) is 8.58. The van der Waals surface area contributed by atoms with Crippen LogP contribution in [0.5, 0.6) is 6.01 Å². The lowest BCUT2D eigenvalue weighted by Crippen LogP contribution is -2.26. The number of anilines is 2. The van der Waals surface area contributed by atoms with Crippen LogP contribution in [0.4, 0.5) is 11.9 Å². The van der Waals surface area contributed by atoms with Crippen LogP contribution in [0.3, 0.4) is 0 Å². The minimum Gasteiger partial charge on any atom is -0.463 e. The molecule has 0 bridgehead atoms. The number of ether oxygens (including phenoxy) is 2. The number of nitrogens with one attached hydrogen (secondary N) is 2. The van der Waals surface area contributed by atoms with Crippen molar-refractivity contribution in [2.75, 3.05) is 37.6 Å². The summed E-state index contributed by atoms with van der Waals surface area (Å²) >= 11 is 0. The highest BCUT2D eigenvalue weighted by molar-refractivity contribution is 5.35. The van der Waals surface area contributed by atoms with Gasteiger partial charge in [-0.3, -0.25) is 5.43 Å². The number of rotatable bonds is 10. The maximum atomic E-state index is 5.42. The third-order valence-corrected chi connectivity index (χ3v) is 2.89. The topological polar surface area (TPSA) is 107 Å². The van der Waals surface area contributed by atoms with Crippen LogP contribution in [0.15, 0.2) is 0 Å². The fraction of sp³-hybridized carbons (Fsp3) is 0.769. The molecule has 0 unspecified atom stereocenters. The van der Waals surface area contributed by atoms with Crippen LogP contribution in [-0.2, 0) is 4.74 Å². The molecule has 0 aromatic carbocycles. The number of nitrogens with two attached hydrogens (primary N) is 1. The van der Waals surface area contributed by atoms with Crippen molar-refractivity contribution < 1.29 is 9.47 Å². The molecule has 1 aromatic rings. The molecule has 1 rings (SSSR count). The van der Waals surface area contributed by atoms with Crippen molar-refractivity contribution >= 4 is 11.9 Å². The molecule has 0 fully saturated rings. The van der Waals surface area contributed by atoms with E-state index < -0.39 is 0 Å². The van der Waals surface area contributed by atoms with Gasteiger partial charge in [0, 0.05) is 20.3 Å². The van der Waals surface area contributed by atoms with Crippen LogP contribution in [0.25, 0.3) is 0 Å². The molecule has 0 atom stereocenters. The number of hydrazine groups is 1. The SMILES string of the molecule is CCCOc1nc(NN)nc(NCC(C)(C)CCOC)n1. The zero-order chi connectivity index (χ0) is 15.7. The highest BCUT2D eigenvalue weighted by atomic mass is 16.5. The lowest BCUT2D eigenvalue weighted by molar-refractivity contribution is 0.157. The molecule has 21 heavy (non-hydrogen) atoms. The van der Waals surface area contributed by atoms with Gasteiger partial charge in [-0.1, -0.05) is 20.8 Å². The van der Waals surface area contributed by atoms with Gasteiger partial charge >= 0.3 is 6.01 Å². The fourth-order valence-electron chi connectivity index (χ4n) is 1.54. The Morgan fingerprint density at radius 1 is 1.14 bits per heavy atom. The summed E-state index contributed by atoms with van der Waals surface area (Å²) in [6, 6.07) is 0.261. The van der Waals surface area contributed by atoms with Gasteiger partial charge in [0.2, 0.25) is 11.9 Å². The Kier molecular flexibility index (Phi) is 7.10. The third-order valence-electron chi connectivity index (χ3n) is 2.89. The quantitative estimate of drug-likeness (QED) is 0.440. The Labute approximate surface area is 125 Å². The highest BCUT2D eigenvalue weighted by Gasteiger charge is 2.18. The number of nitrogen functional groups attached to an aromatic ring is 1. The molecule has 0 aliphatic rings. The van der Waals surface area contributed by atoms with Crippen molar-refractivity contribution in [2.24, 2.45) is 11.3 Å². The van der Waals surface area contributed by atoms with E-state index in [1.807, 2.05) is 6.92 Å². The number of hydrogen-bond acceptors (Lipinski definition) is 8. The Morgan fingerprint density at radius 3 is 2.48 bits per heavy atom. The van der Waals surface area contributed by atoms with Crippen molar-refractivity contribution in [3.8, 4) is 6.01 Å². The first-order valence-corrected chi connectivity index (χ1v) is 7.09. The van der Waals surface area contributed by atoms with Crippen molar-refractivity contribution in [1.82, 2.24) is 15.0 Å². The van der Waals surface area contributed by atoms with E-state index in [0.717, 1.165) is 12.8 Å². The molecule has 8 heteroatoms. The molecule has 8 nitrogen and oxygen atoms in total. The lowest BCUT2D eigenvalue weighted by Gasteiger charge is -2.24.